The van der Waals surface area contributed by atoms with Crippen molar-refractivity contribution < 1.29 is 9.67 Å². The monoisotopic (exact) mass is 400 g/mol. The number of rotatable bonds is 5. The lowest BCUT2D eigenvalue weighted by Crippen LogP contribution is -2.42. The first-order valence-electron chi connectivity index (χ1n) is 8.02. The Kier molecular flexibility index (Phi) is 6.04. The van der Waals surface area contributed by atoms with E-state index in [2.05, 4.69) is 5.32 Å². The maximum absolute atomic E-state index is 13.1. The van der Waals surface area contributed by atoms with Crippen LogP contribution in [0.4, 0.5) is 0 Å². The van der Waals surface area contributed by atoms with E-state index in [0.29, 0.717) is 26.4 Å². The number of thiocarbonyl (C=S) groups is 1. The van der Waals surface area contributed by atoms with Gasteiger partial charge in [-0.05, 0) is 36.4 Å². The second-order valence-corrected chi connectivity index (χ2v) is 7.86. The van der Waals surface area contributed by atoms with Gasteiger partial charge in [-0.2, -0.15) is 4.57 Å². The zero-order valence-corrected chi connectivity index (χ0v) is 16.5. The first-order valence-corrected chi connectivity index (χ1v) is 9.62. The molecule has 1 aromatic carbocycles. The van der Waals surface area contributed by atoms with Crippen LogP contribution in [0.1, 0.15) is 16.0 Å². The summed E-state index contributed by atoms with van der Waals surface area (Å²) in [5.41, 5.74) is 2.54. The van der Waals surface area contributed by atoms with Crippen LogP contribution in [0, 0.1) is 6.92 Å². The predicted octanol–water partition coefficient (Wildman–Crippen LogP) is 3.80. The van der Waals surface area contributed by atoms with Crippen LogP contribution in [0.5, 0.6) is 0 Å². The number of hydrogen-bond acceptors (Lipinski definition) is 3. The molecule has 3 rings (SSSR count). The van der Waals surface area contributed by atoms with Crippen molar-refractivity contribution in [3.8, 4) is 0 Å². The number of thiophene rings is 1. The second-order valence-electron chi connectivity index (χ2n) is 5.74. The van der Waals surface area contributed by atoms with Gasteiger partial charge in [0.1, 0.15) is 0 Å². The first-order chi connectivity index (χ1) is 12.5. The molecule has 0 unspecified atom stereocenters. The van der Waals surface area contributed by atoms with E-state index >= 15 is 0 Å². The van der Waals surface area contributed by atoms with E-state index in [1.54, 1.807) is 16.7 Å². The largest absolute Gasteiger partial charge is 0.867 e. The average Bonchev–Trinajstić information content (AvgIpc) is 3.07. The van der Waals surface area contributed by atoms with Crippen molar-refractivity contribution in [2.75, 3.05) is 0 Å². The standard InChI is InChI=1S/C20H17ClN2OS2/c1-14-6-5-11-23(13-14)18(19(24)16-9-10-17(21)26-16)20(25)22-12-15-7-3-2-4-8-15/h2-11,13H,12H2,1H3,(H-,22,24,25). The highest BCUT2D eigenvalue weighted by Gasteiger charge is 2.19. The van der Waals surface area contributed by atoms with Crippen LogP contribution in [0.25, 0.3) is 11.5 Å². The van der Waals surface area contributed by atoms with Gasteiger partial charge < -0.3 is 10.4 Å². The van der Waals surface area contributed by atoms with Gasteiger partial charge in [0.2, 0.25) is 5.70 Å². The van der Waals surface area contributed by atoms with Gasteiger partial charge in [-0.1, -0.05) is 54.2 Å². The Balaban J connectivity index is 1.96. The third-order valence-electron chi connectivity index (χ3n) is 3.73. The van der Waals surface area contributed by atoms with Crippen LogP contribution in [0.3, 0.4) is 0 Å². The fourth-order valence-corrected chi connectivity index (χ4v) is 3.74. The molecule has 0 aliphatic rings. The topological polar surface area (TPSA) is 39.0 Å². The highest BCUT2D eigenvalue weighted by atomic mass is 35.5. The Morgan fingerprint density at radius 3 is 2.58 bits per heavy atom. The molecular weight excluding hydrogens is 384 g/mol. The van der Waals surface area contributed by atoms with Crippen molar-refractivity contribution in [2.24, 2.45) is 0 Å². The van der Waals surface area contributed by atoms with Crippen molar-refractivity contribution in [3.05, 3.63) is 87.3 Å². The zero-order valence-electron chi connectivity index (χ0n) is 14.1. The minimum atomic E-state index is -0.150. The minimum absolute atomic E-state index is 0.150. The van der Waals surface area contributed by atoms with Gasteiger partial charge in [0.15, 0.2) is 17.4 Å². The lowest BCUT2D eigenvalue weighted by Gasteiger charge is -2.15. The van der Waals surface area contributed by atoms with Gasteiger partial charge >= 0.3 is 0 Å². The summed E-state index contributed by atoms with van der Waals surface area (Å²) in [6.45, 7) is 2.52. The first kappa shape index (κ1) is 18.6. The number of nitrogens with zero attached hydrogens (tertiary/aromatic N) is 1. The number of hydrogen-bond donors (Lipinski definition) is 1. The molecule has 6 heteroatoms. The normalized spacial score (nSPS) is 11.8. The van der Waals surface area contributed by atoms with Crippen molar-refractivity contribution in [3.63, 3.8) is 0 Å². The van der Waals surface area contributed by atoms with E-state index in [0.717, 1.165) is 11.1 Å². The molecule has 2 heterocycles. The molecule has 2 aromatic heterocycles. The molecular formula is C20H17ClN2OS2. The molecule has 0 saturated carbocycles. The molecule has 0 radical (unpaired) electrons. The lowest BCUT2D eigenvalue weighted by atomic mass is 10.2. The van der Waals surface area contributed by atoms with E-state index in [1.807, 2.05) is 61.8 Å². The van der Waals surface area contributed by atoms with Crippen molar-refractivity contribution in [1.29, 1.82) is 0 Å². The van der Waals surface area contributed by atoms with Crippen LogP contribution in [0.2, 0.25) is 4.34 Å². The molecule has 0 amide bonds. The molecule has 0 bridgehead atoms. The van der Waals surface area contributed by atoms with E-state index in [1.165, 1.54) is 11.3 Å². The molecule has 0 saturated heterocycles. The molecule has 0 spiro atoms. The Hall–Kier alpha value is -2.21. The summed E-state index contributed by atoms with van der Waals surface area (Å²) < 4.78 is 2.34. The van der Waals surface area contributed by atoms with Crippen LogP contribution in [-0.2, 0) is 6.54 Å². The highest BCUT2D eigenvalue weighted by molar-refractivity contribution is 7.81. The molecule has 3 aromatic rings. The highest BCUT2D eigenvalue weighted by Crippen LogP contribution is 2.27. The SMILES string of the molecule is Cc1ccc[n+](/C(C(=S)NCc2ccccc2)=C(/[O-])c2ccc(Cl)s2)c1. The van der Waals surface area contributed by atoms with Crippen LogP contribution in [0.15, 0.2) is 67.0 Å². The molecule has 0 fully saturated rings. The van der Waals surface area contributed by atoms with Crippen LogP contribution in [-0.4, -0.2) is 4.99 Å². The fourth-order valence-electron chi connectivity index (χ4n) is 2.48. The smallest absolute Gasteiger partial charge is 0.238 e. The summed E-state index contributed by atoms with van der Waals surface area (Å²) in [7, 11) is 0. The summed E-state index contributed by atoms with van der Waals surface area (Å²) in [6.07, 6.45) is 3.71. The summed E-state index contributed by atoms with van der Waals surface area (Å²) >= 11 is 12.8. The van der Waals surface area contributed by atoms with Gasteiger partial charge in [-0.15, -0.1) is 11.3 Å². The predicted molar refractivity (Wildman–Crippen MR) is 110 cm³/mol. The maximum atomic E-state index is 13.1. The van der Waals surface area contributed by atoms with E-state index in [4.69, 9.17) is 23.8 Å². The molecule has 0 aliphatic carbocycles. The number of pyridine rings is 1. The van der Waals surface area contributed by atoms with Crippen molar-refractivity contribution >= 4 is 51.6 Å². The molecule has 0 aliphatic heterocycles. The summed E-state index contributed by atoms with van der Waals surface area (Å²) in [5.74, 6) is -0.150. The molecule has 1 N–H and O–H groups in total. The van der Waals surface area contributed by atoms with E-state index in [-0.39, 0.29) is 5.76 Å². The minimum Gasteiger partial charge on any atom is -0.867 e. The number of halogens is 1. The second kappa shape index (κ2) is 8.45. The molecule has 0 atom stereocenters. The average molecular weight is 401 g/mol. The van der Waals surface area contributed by atoms with Crippen molar-refractivity contribution in [2.45, 2.75) is 13.5 Å². The van der Waals surface area contributed by atoms with E-state index < -0.39 is 0 Å². The fraction of sp³-hybridized carbons (Fsp3) is 0.100. The number of nitrogens with one attached hydrogen (secondary N) is 1. The van der Waals surface area contributed by atoms with Crippen LogP contribution < -0.4 is 15.0 Å². The molecule has 26 heavy (non-hydrogen) atoms. The van der Waals surface area contributed by atoms with Crippen molar-refractivity contribution in [1.82, 2.24) is 5.32 Å². The van der Waals surface area contributed by atoms with Gasteiger partial charge in [-0.25, -0.2) is 0 Å². The van der Waals surface area contributed by atoms with Gasteiger partial charge in [-0.3, -0.25) is 0 Å². The third kappa shape index (κ3) is 4.49. The lowest BCUT2D eigenvalue weighted by molar-refractivity contribution is -0.578. The zero-order chi connectivity index (χ0) is 18.5. The quantitative estimate of drug-likeness (QED) is 0.306. The Morgan fingerprint density at radius 2 is 1.92 bits per heavy atom. The van der Waals surface area contributed by atoms with Gasteiger partial charge in [0.25, 0.3) is 0 Å². The van der Waals surface area contributed by atoms with Crippen LogP contribution >= 0.6 is 35.2 Å². The van der Waals surface area contributed by atoms with E-state index in [9.17, 15) is 5.11 Å². The Labute approximate surface area is 167 Å². The molecule has 132 valence electrons. The summed E-state index contributed by atoms with van der Waals surface area (Å²) in [5, 5.41) is 16.3. The summed E-state index contributed by atoms with van der Waals surface area (Å²) in [6, 6.07) is 17.2. The number of benzene rings is 1. The van der Waals surface area contributed by atoms with Gasteiger partial charge in [0, 0.05) is 23.1 Å². The summed E-state index contributed by atoms with van der Waals surface area (Å²) in [4.78, 5) is 0.960. The maximum Gasteiger partial charge on any atom is 0.238 e. The Morgan fingerprint density at radius 1 is 1.15 bits per heavy atom. The third-order valence-corrected chi connectivity index (χ3v) is 5.30. The Bertz CT molecular complexity index is 951. The number of aryl methyl sites for hydroxylation is 1. The van der Waals surface area contributed by atoms with Gasteiger partial charge in [0.05, 0.1) is 4.34 Å². The number of aromatic nitrogens is 1. The molecule has 3 nitrogen and oxygen atoms in total.